The number of benzene rings is 1. The van der Waals surface area contributed by atoms with Crippen molar-refractivity contribution in [3.63, 3.8) is 0 Å². The highest BCUT2D eigenvalue weighted by molar-refractivity contribution is 5.73. The number of carboxylic acids is 1. The zero-order chi connectivity index (χ0) is 15.3. The summed E-state index contributed by atoms with van der Waals surface area (Å²) in [5.41, 5.74) is 1.51. The summed E-state index contributed by atoms with van der Waals surface area (Å²) in [5.74, 6) is -0.757. The van der Waals surface area contributed by atoms with E-state index in [1.807, 2.05) is 41.2 Å². The molecule has 0 saturated carbocycles. The number of hydrogen-bond acceptors (Lipinski definition) is 3. The maximum absolute atomic E-state index is 11.0. The van der Waals surface area contributed by atoms with Gasteiger partial charge in [-0.15, -0.1) is 0 Å². The molecule has 0 radical (unpaired) electrons. The number of nitrogens with zero attached hydrogens (tertiary/aromatic N) is 2. The summed E-state index contributed by atoms with van der Waals surface area (Å²) in [6.07, 6.45) is 4.26. The van der Waals surface area contributed by atoms with Gasteiger partial charge in [0.2, 0.25) is 0 Å². The number of carboxylic acid groups (broad SMARTS) is 1. The summed E-state index contributed by atoms with van der Waals surface area (Å²) < 4.78 is 1.81. The Labute approximate surface area is 124 Å². The Morgan fingerprint density at radius 3 is 2.62 bits per heavy atom. The van der Waals surface area contributed by atoms with Gasteiger partial charge in [0, 0.05) is 18.9 Å². The Hall–Kier alpha value is -2.14. The molecule has 1 heterocycles. The van der Waals surface area contributed by atoms with Gasteiger partial charge >= 0.3 is 5.97 Å². The van der Waals surface area contributed by atoms with E-state index < -0.39 is 11.4 Å². The normalized spacial score (nSPS) is 11.5. The minimum absolute atomic E-state index is 0.605. The number of aromatic nitrogens is 2. The molecule has 0 unspecified atom stereocenters. The Bertz CT molecular complexity index is 574. The highest BCUT2D eigenvalue weighted by Gasteiger charge is 2.25. The third-order valence-electron chi connectivity index (χ3n) is 3.54. The minimum Gasteiger partial charge on any atom is -0.481 e. The fourth-order valence-corrected chi connectivity index (χ4v) is 1.93. The monoisotopic (exact) mass is 287 g/mol. The van der Waals surface area contributed by atoms with E-state index in [0.29, 0.717) is 13.0 Å². The quantitative estimate of drug-likeness (QED) is 0.768. The Morgan fingerprint density at radius 2 is 2.05 bits per heavy atom. The molecule has 5 heteroatoms. The van der Waals surface area contributed by atoms with Gasteiger partial charge in [-0.2, -0.15) is 5.10 Å². The molecule has 0 atom stereocenters. The van der Waals surface area contributed by atoms with Gasteiger partial charge in [0.25, 0.3) is 0 Å². The van der Waals surface area contributed by atoms with E-state index in [1.54, 1.807) is 20.0 Å². The number of rotatable bonds is 7. The molecule has 0 spiro atoms. The molecule has 21 heavy (non-hydrogen) atoms. The summed E-state index contributed by atoms with van der Waals surface area (Å²) >= 11 is 0. The van der Waals surface area contributed by atoms with Crippen LogP contribution in [0.25, 0.3) is 5.69 Å². The van der Waals surface area contributed by atoms with Crippen LogP contribution in [0.4, 0.5) is 0 Å². The van der Waals surface area contributed by atoms with Gasteiger partial charge in [-0.3, -0.25) is 4.79 Å². The first-order chi connectivity index (χ1) is 9.99. The van der Waals surface area contributed by atoms with E-state index in [2.05, 4.69) is 10.4 Å². The molecule has 0 amide bonds. The van der Waals surface area contributed by atoms with Gasteiger partial charge in [-0.25, -0.2) is 4.68 Å². The Balaban J connectivity index is 1.81. The fourth-order valence-electron chi connectivity index (χ4n) is 1.93. The zero-order valence-corrected chi connectivity index (χ0v) is 12.4. The van der Waals surface area contributed by atoms with Crippen molar-refractivity contribution in [1.82, 2.24) is 15.1 Å². The smallest absolute Gasteiger partial charge is 0.309 e. The van der Waals surface area contributed by atoms with E-state index >= 15 is 0 Å². The van der Waals surface area contributed by atoms with Crippen molar-refractivity contribution in [3.8, 4) is 5.69 Å². The van der Waals surface area contributed by atoms with Crippen LogP contribution in [0.3, 0.4) is 0 Å². The van der Waals surface area contributed by atoms with Crippen molar-refractivity contribution in [3.05, 3.63) is 48.3 Å². The van der Waals surface area contributed by atoms with E-state index in [0.717, 1.165) is 12.2 Å². The molecule has 0 aliphatic rings. The van der Waals surface area contributed by atoms with E-state index in [1.165, 1.54) is 5.56 Å². The van der Waals surface area contributed by atoms with E-state index in [9.17, 15) is 4.79 Å². The second kappa shape index (κ2) is 6.54. The fraction of sp³-hybridized carbons (Fsp3) is 0.375. The lowest BCUT2D eigenvalue weighted by Crippen LogP contribution is -2.28. The first-order valence-corrected chi connectivity index (χ1v) is 7.02. The maximum atomic E-state index is 11.0. The predicted octanol–water partition coefficient (Wildman–Crippen LogP) is 2.46. The summed E-state index contributed by atoms with van der Waals surface area (Å²) in [6, 6.07) is 10.0. The van der Waals surface area contributed by atoms with Crippen molar-refractivity contribution >= 4 is 5.97 Å². The minimum atomic E-state index is -0.757. The lowest BCUT2D eigenvalue weighted by atomic mass is 9.90. The molecule has 2 N–H and O–H groups in total. The molecule has 2 rings (SSSR count). The number of aliphatic carboxylic acids is 1. The van der Waals surface area contributed by atoms with Crippen LogP contribution in [0.2, 0.25) is 0 Å². The van der Waals surface area contributed by atoms with Gasteiger partial charge in [0.05, 0.1) is 11.1 Å². The molecule has 5 nitrogen and oxygen atoms in total. The first kappa shape index (κ1) is 15.3. The van der Waals surface area contributed by atoms with Crippen molar-refractivity contribution in [2.24, 2.45) is 5.41 Å². The lowest BCUT2D eigenvalue weighted by Gasteiger charge is -2.18. The third-order valence-corrected chi connectivity index (χ3v) is 3.54. The largest absolute Gasteiger partial charge is 0.481 e. The topological polar surface area (TPSA) is 67.2 Å². The van der Waals surface area contributed by atoms with Crippen LogP contribution >= 0.6 is 0 Å². The molecule has 0 saturated heterocycles. The van der Waals surface area contributed by atoms with Crippen LogP contribution in [-0.4, -0.2) is 27.4 Å². The maximum Gasteiger partial charge on any atom is 0.309 e. The molecule has 1 aromatic heterocycles. The first-order valence-electron chi connectivity index (χ1n) is 7.02. The molecule has 0 aliphatic carbocycles. The third kappa shape index (κ3) is 4.16. The van der Waals surface area contributed by atoms with E-state index in [-0.39, 0.29) is 0 Å². The molecular formula is C16H21N3O2. The zero-order valence-electron chi connectivity index (χ0n) is 12.4. The molecule has 2 aromatic rings. The van der Waals surface area contributed by atoms with Gasteiger partial charge in [0.15, 0.2) is 0 Å². The SMILES string of the molecule is CC(C)(CCNCc1ccc(-n2cccn2)cc1)C(=O)O. The summed E-state index contributed by atoms with van der Waals surface area (Å²) in [6.45, 7) is 4.90. The van der Waals surface area contributed by atoms with Crippen LogP contribution in [0.15, 0.2) is 42.7 Å². The van der Waals surface area contributed by atoms with Crippen LogP contribution in [0.5, 0.6) is 0 Å². The second-order valence-electron chi connectivity index (χ2n) is 5.73. The van der Waals surface area contributed by atoms with E-state index in [4.69, 9.17) is 5.11 Å². The molecule has 112 valence electrons. The molecule has 1 aromatic carbocycles. The molecule has 0 fully saturated rings. The molecule has 0 aliphatic heterocycles. The van der Waals surface area contributed by atoms with Gasteiger partial charge in [-0.05, 0) is 50.6 Å². The van der Waals surface area contributed by atoms with Gasteiger partial charge in [0.1, 0.15) is 0 Å². The van der Waals surface area contributed by atoms with Crippen molar-refractivity contribution < 1.29 is 9.90 Å². The van der Waals surface area contributed by atoms with Gasteiger partial charge < -0.3 is 10.4 Å². The van der Waals surface area contributed by atoms with Crippen LogP contribution in [0.1, 0.15) is 25.8 Å². The average Bonchev–Trinajstić information content (AvgIpc) is 2.98. The standard InChI is InChI=1S/C16H21N3O2/c1-16(2,15(20)21)8-10-17-12-13-4-6-14(7-5-13)19-11-3-9-18-19/h3-7,9,11,17H,8,10,12H2,1-2H3,(H,20,21). The van der Waals surface area contributed by atoms with Gasteiger partial charge in [-0.1, -0.05) is 12.1 Å². The van der Waals surface area contributed by atoms with Crippen LogP contribution < -0.4 is 5.32 Å². The van der Waals surface area contributed by atoms with Crippen molar-refractivity contribution in [2.75, 3.05) is 6.54 Å². The second-order valence-corrected chi connectivity index (χ2v) is 5.73. The average molecular weight is 287 g/mol. The highest BCUT2D eigenvalue weighted by Crippen LogP contribution is 2.19. The summed E-state index contributed by atoms with van der Waals surface area (Å²) in [5, 5.41) is 16.5. The summed E-state index contributed by atoms with van der Waals surface area (Å²) in [4.78, 5) is 11.0. The van der Waals surface area contributed by atoms with Crippen LogP contribution in [-0.2, 0) is 11.3 Å². The molecule has 0 bridgehead atoms. The molecular weight excluding hydrogens is 266 g/mol. The van der Waals surface area contributed by atoms with Crippen LogP contribution in [0, 0.1) is 5.41 Å². The van der Waals surface area contributed by atoms with Crippen molar-refractivity contribution in [2.45, 2.75) is 26.8 Å². The highest BCUT2D eigenvalue weighted by atomic mass is 16.4. The number of nitrogens with one attached hydrogen (secondary N) is 1. The van der Waals surface area contributed by atoms with Crippen molar-refractivity contribution in [1.29, 1.82) is 0 Å². The lowest BCUT2D eigenvalue weighted by molar-refractivity contribution is -0.147. The predicted molar refractivity (Wildman–Crippen MR) is 81.3 cm³/mol. The summed E-state index contributed by atoms with van der Waals surface area (Å²) in [7, 11) is 0. The number of hydrogen-bond donors (Lipinski definition) is 2. The Morgan fingerprint density at radius 1 is 1.33 bits per heavy atom. The Kier molecular flexibility index (Phi) is 4.75. The number of carbonyl (C=O) groups is 1.